The number of aromatic nitrogens is 2. The Balaban J connectivity index is 1.76. The lowest BCUT2D eigenvalue weighted by Gasteiger charge is -2.50. The number of hydrogen-bond acceptors (Lipinski definition) is 14. The Morgan fingerprint density at radius 3 is 2.54 bits per heavy atom. The van der Waals surface area contributed by atoms with Gasteiger partial charge < -0.3 is 31.5 Å². The molecule has 3 rings (SSSR count). The first-order chi connectivity index (χ1) is 18.1. The molecule has 0 saturated carbocycles. The van der Waals surface area contributed by atoms with Crippen LogP contribution in [0.25, 0.3) is 0 Å². The molecule has 8 N–H and O–H groups in total. The van der Waals surface area contributed by atoms with Crippen LogP contribution in [0.3, 0.4) is 0 Å². The number of thiazole rings is 1. The second kappa shape index (κ2) is 11.1. The molecule has 39 heavy (non-hydrogen) atoms. The largest absolute Gasteiger partial charge is 0.487 e. The van der Waals surface area contributed by atoms with Gasteiger partial charge in [0.05, 0.1) is 11.7 Å². The number of hydroxylamine groups is 2. The third kappa shape index (κ3) is 6.93. The highest BCUT2D eigenvalue weighted by Gasteiger charge is 2.58. The zero-order valence-corrected chi connectivity index (χ0v) is 21.7. The quantitative estimate of drug-likeness (QED) is 0.0542. The molecule has 2 amide bonds. The van der Waals surface area contributed by atoms with Crippen molar-refractivity contribution in [2.45, 2.75) is 31.5 Å². The maximum absolute atomic E-state index is 13.0. The van der Waals surface area contributed by atoms with Crippen LogP contribution in [0.5, 0.6) is 5.75 Å². The number of pyridine rings is 1. The number of oxime groups is 1. The molecule has 2 aromatic heterocycles. The SMILES string of the molecule is CC1(C)[C@H](NC(=O)/C(=N\O[C@H](COc2ccc(C(=N)N)nc2)C(=O)O)c2csc(N)n2)C(=O)N1OS(=O)(=O)O. The van der Waals surface area contributed by atoms with Gasteiger partial charge in [-0.1, -0.05) is 5.16 Å². The van der Waals surface area contributed by atoms with Gasteiger partial charge in [0.25, 0.3) is 17.9 Å². The Labute approximate surface area is 224 Å². The Bertz CT molecular complexity index is 1420. The van der Waals surface area contributed by atoms with E-state index in [1.165, 1.54) is 37.6 Å². The Morgan fingerprint density at radius 2 is 2.05 bits per heavy atom. The van der Waals surface area contributed by atoms with Gasteiger partial charge in [-0.2, -0.15) is 13.5 Å². The van der Waals surface area contributed by atoms with E-state index in [2.05, 4.69) is 24.7 Å². The van der Waals surface area contributed by atoms with Crippen LogP contribution >= 0.6 is 11.3 Å². The number of carbonyl (C=O) groups is 3. The van der Waals surface area contributed by atoms with Crippen LogP contribution < -0.4 is 21.5 Å². The number of aliphatic carboxylic acids is 1. The van der Waals surface area contributed by atoms with Crippen LogP contribution in [-0.4, -0.2) is 86.7 Å². The first-order valence-corrected chi connectivity index (χ1v) is 12.8. The van der Waals surface area contributed by atoms with E-state index in [1.54, 1.807) is 0 Å². The molecule has 20 heteroatoms. The van der Waals surface area contributed by atoms with E-state index >= 15 is 0 Å². The van der Waals surface area contributed by atoms with Crippen molar-refractivity contribution in [3.05, 3.63) is 35.1 Å². The van der Waals surface area contributed by atoms with Crippen molar-refractivity contribution in [3.63, 3.8) is 0 Å². The zero-order chi connectivity index (χ0) is 29.1. The summed E-state index contributed by atoms with van der Waals surface area (Å²) in [6.07, 6.45) is -0.515. The molecule has 1 aliphatic heterocycles. The van der Waals surface area contributed by atoms with E-state index in [0.717, 1.165) is 11.3 Å². The van der Waals surface area contributed by atoms with E-state index < -0.39 is 58.2 Å². The standard InChI is InChI=1S/C19H22N8O10S2/c1-19(2)13(16(29)27(19)37-39(32,33)34)25-15(28)12(10-7-38-18(22)24-10)26-36-11(17(30)31)6-35-8-3-4-9(14(20)21)23-5-8/h3-5,7,11,13H,6H2,1-2H3,(H3,20,21)(H2,22,24)(H,25,28)(H,30,31)(H,32,33,34)/b26-12-/t11-,13-/m1/s1. The van der Waals surface area contributed by atoms with Crippen molar-refractivity contribution in [1.29, 1.82) is 5.41 Å². The summed E-state index contributed by atoms with van der Waals surface area (Å²) in [5.74, 6) is -3.70. The summed E-state index contributed by atoms with van der Waals surface area (Å²) in [4.78, 5) is 50.0. The fraction of sp³-hybridized carbons (Fsp3) is 0.316. The summed E-state index contributed by atoms with van der Waals surface area (Å²) in [7, 11) is -5.01. The third-order valence-corrected chi connectivity index (χ3v) is 6.07. The van der Waals surface area contributed by atoms with Crippen molar-refractivity contribution < 1.29 is 46.3 Å². The summed E-state index contributed by atoms with van der Waals surface area (Å²) in [6, 6.07) is 1.44. The minimum atomic E-state index is -5.01. The number of carbonyl (C=O) groups excluding carboxylic acids is 2. The van der Waals surface area contributed by atoms with Gasteiger partial charge in [0, 0.05) is 5.38 Å². The van der Waals surface area contributed by atoms with Gasteiger partial charge in [-0.25, -0.2) is 14.8 Å². The highest BCUT2D eigenvalue weighted by molar-refractivity contribution is 7.80. The fourth-order valence-corrected chi connectivity index (χ4v) is 4.08. The number of ether oxygens (including phenoxy) is 1. The molecular formula is C19H22N8O10S2. The van der Waals surface area contributed by atoms with Crippen LogP contribution in [0.2, 0.25) is 0 Å². The summed E-state index contributed by atoms with van der Waals surface area (Å²) in [6.45, 7) is 2.10. The van der Waals surface area contributed by atoms with Crippen LogP contribution in [0.15, 0.2) is 28.9 Å². The molecule has 1 saturated heterocycles. The van der Waals surface area contributed by atoms with Crippen LogP contribution in [0.1, 0.15) is 25.2 Å². The predicted octanol–water partition coefficient (Wildman–Crippen LogP) is -1.50. The number of amidine groups is 1. The zero-order valence-electron chi connectivity index (χ0n) is 20.1. The average molecular weight is 587 g/mol. The van der Waals surface area contributed by atoms with Gasteiger partial charge in [-0.05, 0) is 26.0 Å². The van der Waals surface area contributed by atoms with E-state index in [-0.39, 0.29) is 28.1 Å². The number of carboxylic acid groups (broad SMARTS) is 1. The lowest BCUT2D eigenvalue weighted by molar-refractivity contribution is -0.218. The number of nitrogen functional groups attached to an aromatic ring is 2. The maximum Gasteiger partial charge on any atom is 0.418 e. The molecular weight excluding hydrogens is 564 g/mol. The smallest absolute Gasteiger partial charge is 0.418 e. The van der Waals surface area contributed by atoms with Gasteiger partial charge in [0.15, 0.2) is 10.8 Å². The van der Waals surface area contributed by atoms with Crippen molar-refractivity contribution in [1.82, 2.24) is 20.3 Å². The average Bonchev–Trinajstić information content (AvgIpc) is 3.28. The maximum atomic E-state index is 13.0. The number of β-lactam (4-membered cyclic amide) rings is 1. The van der Waals surface area contributed by atoms with E-state index in [1.807, 2.05) is 0 Å². The number of nitrogens with zero attached hydrogens (tertiary/aromatic N) is 4. The normalized spacial score (nSPS) is 17.6. The molecule has 18 nitrogen and oxygen atoms in total. The Morgan fingerprint density at radius 1 is 1.36 bits per heavy atom. The second-order valence-electron chi connectivity index (χ2n) is 8.24. The highest BCUT2D eigenvalue weighted by atomic mass is 32.3. The molecule has 1 fully saturated rings. The van der Waals surface area contributed by atoms with Crippen molar-refractivity contribution in [2.24, 2.45) is 10.9 Å². The van der Waals surface area contributed by atoms with E-state index in [9.17, 15) is 27.9 Å². The molecule has 1 aliphatic rings. The Hall–Kier alpha value is -4.40. The summed E-state index contributed by atoms with van der Waals surface area (Å²) in [5.41, 5.74) is 9.03. The molecule has 0 radical (unpaired) electrons. The van der Waals surface area contributed by atoms with Crippen molar-refractivity contribution >= 4 is 56.2 Å². The van der Waals surface area contributed by atoms with Gasteiger partial charge >= 0.3 is 16.4 Å². The van der Waals surface area contributed by atoms with Crippen LogP contribution in [-0.2, 0) is 33.9 Å². The van der Waals surface area contributed by atoms with Gasteiger partial charge in [-0.3, -0.25) is 19.6 Å². The van der Waals surface area contributed by atoms with Gasteiger partial charge in [-0.15, -0.1) is 15.6 Å². The molecule has 2 atom stereocenters. The number of nitrogens with one attached hydrogen (secondary N) is 2. The number of hydrogen-bond donors (Lipinski definition) is 6. The first-order valence-electron chi connectivity index (χ1n) is 10.5. The summed E-state index contributed by atoms with van der Waals surface area (Å²) >= 11 is 0.936. The lowest BCUT2D eigenvalue weighted by Crippen LogP contribution is -2.76. The number of nitrogens with two attached hydrogens (primary N) is 2. The number of amides is 2. The molecule has 2 aromatic rings. The van der Waals surface area contributed by atoms with Gasteiger partial charge in [0.1, 0.15) is 35.6 Å². The molecule has 0 spiro atoms. The minimum absolute atomic E-state index is 0.0397. The van der Waals surface area contributed by atoms with E-state index in [0.29, 0.717) is 5.06 Å². The topological polar surface area (TPSA) is 283 Å². The fourth-order valence-electron chi connectivity index (χ4n) is 3.08. The molecule has 3 heterocycles. The molecule has 210 valence electrons. The molecule has 0 aliphatic carbocycles. The highest BCUT2D eigenvalue weighted by Crippen LogP contribution is 2.33. The lowest BCUT2D eigenvalue weighted by atomic mass is 9.84. The van der Waals surface area contributed by atoms with Crippen LogP contribution in [0, 0.1) is 5.41 Å². The predicted molar refractivity (Wildman–Crippen MR) is 132 cm³/mol. The third-order valence-electron chi connectivity index (χ3n) is 5.06. The van der Waals surface area contributed by atoms with Crippen molar-refractivity contribution in [2.75, 3.05) is 12.3 Å². The molecule has 0 bridgehead atoms. The monoisotopic (exact) mass is 586 g/mol. The minimum Gasteiger partial charge on any atom is -0.487 e. The first kappa shape index (κ1) is 29.2. The summed E-state index contributed by atoms with van der Waals surface area (Å²) < 4.78 is 40.4. The Kier molecular flexibility index (Phi) is 8.33. The number of anilines is 1. The second-order valence-corrected chi connectivity index (χ2v) is 10.1. The molecule has 0 unspecified atom stereocenters. The number of rotatable bonds is 12. The van der Waals surface area contributed by atoms with Crippen molar-refractivity contribution in [3.8, 4) is 5.75 Å². The van der Waals surface area contributed by atoms with Gasteiger partial charge in [0.2, 0.25) is 0 Å². The van der Waals surface area contributed by atoms with E-state index in [4.69, 9.17) is 31.0 Å². The molecule has 0 aromatic carbocycles. The summed E-state index contributed by atoms with van der Waals surface area (Å²) in [5, 5.41) is 24.5. The van der Waals surface area contributed by atoms with Crippen LogP contribution in [0.4, 0.5) is 5.13 Å². The number of carboxylic acids is 1.